The van der Waals surface area contributed by atoms with E-state index in [2.05, 4.69) is 21.4 Å². The molecule has 1 atom stereocenters. The van der Waals surface area contributed by atoms with E-state index < -0.39 is 17.7 Å². The third-order valence-corrected chi connectivity index (χ3v) is 3.71. The predicted octanol–water partition coefficient (Wildman–Crippen LogP) is 3.48. The van der Waals surface area contributed by atoms with Gasteiger partial charge < -0.3 is 4.74 Å². The summed E-state index contributed by atoms with van der Waals surface area (Å²) >= 11 is 3.37. The predicted molar refractivity (Wildman–Crippen MR) is 80.8 cm³/mol. The van der Waals surface area contributed by atoms with Crippen molar-refractivity contribution in [2.45, 2.75) is 12.5 Å². The molecule has 0 radical (unpaired) electrons. The number of methoxy groups -OCH3 is 1. The number of nitrogens with two attached hydrogens (primary N) is 1. The van der Waals surface area contributed by atoms with Gasteiger partial charge in [0.1, 0.15) is 17.4 Å². The van der Waals surface area contributed by atoms with Crippen molar-refractivity contribution in [3.63, 3.8) is 0 Å². The molecule has 2 aromatic carbocycles. The highest BCUT2D eigenvalue weighted by Gasteiger charge is 2.21. The molecule has 0 saturated carbocycles. The molecular formula is C15H15BrF2N2O. The summed E-state index contributed by atoms with van der Waals surface area (Å²) < 4.78 is 33.9. The van der Waals surface area contributed by atoms with Gasteiger partial charge in [-0.1, -0.05) is 22.0 Å². The minimum absolute atomic E-state index is 0.0815. The third kappa shape index (κ3) is 3.58. The van der Waals surface area contributed by atoms with Gasteiger partial charge in [0.2, 0.25) is 0 Å². The average Bonchev–Trinajstić information content (AvgIpc) is 2.46. The van der Waals surface area contributed by atoms with Crippen LogP contribution in [-0.2, 0) is 6.42 Å². The number of halogens is 3. The Morgan fingerprint density at radius 3 is 2.48 bits per heavy atom. The van der Waals surface area contributed by atoms with Crippen LogP contribution in [0.3, 0.4) is 0 Å². The maximum Gasteiger partial charge on any atom is 0.130 e. The van der Waals surface area contributed by atoms with Gasteiger partial charge >= 0.3 is 0 Å². The Balaban J connectivity index is 2.38. The Kier molecular flexibility index (Phi) is 5.27. The third-order valence-electron chi connectivity index (χ3n) is 3.22. The van der Waals surface area contributed by atoms with Crippen molar-refractivity contribution in [3.8, 4) is 5.75 Å². The van der Waals surface area contributed by atoms with Crippen LogP contribution in [-0.4, -0.2) is 7.11 Å². The van der Waals surface area contributed by atoms with Gasteiger partial charge in [-0.15, -0.1) is 0 Å². The number of hydrogen-bond acceptors (Lipinski definition) is 3. The molecule has 0 spiro atoms. The molecule has 0 bridgehead atoms. The molecule has 21 heavy (non-hydrogen) atoms. The maximum absolute atomic E-state index is 13.9. The first kappa shape index (κ1) is 15.9. The molecule has 0 heterocycles. The van der Waals surface area contributed by atoms with E-state index in [1.165, 1.54) is 18.2 Å². The van der Waals surface area contributed by atoms with E-state index in [1.54, 1.807) is 13.2 Å². The van der Waals surface area contributed by atoms with E-state index in [9.17, 15) is 8.78 Å². The monoisotopic (exact) mass is 356 g/mol. The molecule has 1 unspecified atom stereocenters. The summed E-state index contributed by atoms with van der Waals surface area (Å²) in [5.41, 5.74) is 3.18. The lowest BCUT2D eigenvalue weighted by molar-refractivity contribution is 0.403. The molecule has 3 N–H and O–H groups in total. The molecule has 112 valence electrons. The second kappa shape index (κ2) is 6.98. The molecule has 0 saturated heterocycles. The summed E-state index contributed by atoms with van der Waals surface area (Å²) in [6.07, 6.45) is 0.289. The number of benzene rings is 2. The lowest BCUT2D eigenvalue weighted by Crippen LogP contribution is -2.31. The quantitative estimate of drug-likeness (QED) is 0.636. The van der Waals surface area contributed by atoms with Crippen LogP contribution in [0.15, 0.2) is 40.9 Å². The first-order chi connectivity index (χ1) is 10.1. The molecular weight excluding hydrogens is 342 g/mol. The summed E-state index contributed by atoms with van der Waals surface area (Å²) in [6.45, 7) is 0. The average molecular weight is 357 g/mol. The van der Waals surface area contributed by atoms with Gasteiger partial charge in [0.05, 0.1) is 13.2 Å². The Bertz CT molecular complexity index is 617. The fourth-order valence-electron chi connectivity index (χ4n) is 2.21. The molecule has 0 aliphatic heterocycles. The van der Waals surface area contributed by atoms with Crippen molar-refractivity contribution in [3.05, 3.63) is 63.6 Å². The van der Waals surface area contributed by atoms with Crippen LogP contribution in [0.1, 0.15) is 17.2 Å². The molecule has 2 rings (SSSR count). The van der Waals surface area contributed by atoms with Crippen LogP contribution < -0.4 is 16.0 Å². The molecule has 0 aliphatic carbocycles. The zero-order valence-corrected chi connectivity index (χ0v) is 13.0. The lowest BCUT2D eigenvalue weighted by atomic mass is 9.98. The normalized spacial score (nSPS) is 12.2. The standard InChI is InChI=1S/C15H15BrF2N2O/c1-21-14-6-5-10(16)7-9(14)8-13(20-19)15-11(17)3-2-4-12(15)18/h2-7,13,20H,8,19H2,1H3. The number of nitrogens with one attached hydrogen (secondary N) is 1. The van der Waals surface area contributed by atoms with E-state index in [4.69, 9.17) is 10.6 Å². The van der Waals surface area contributed by atoms with Gasteiger partial charge in [0, 0.05) is 10.0 Å². The summed E-state index contributed by atoms with van der Waals surface area (Å²) in [5, 5.41) is 0. The zero-order valence-electron chi connectivity index (χ0n) is 11.4. The second-order valence-electron chi connectivity index (χ2n) is 4.51. The maximum atomic E-state index is 13.9. The van der Waals surface area contributed by atoms with E-state index in [1.807, 2.05) is 12.1 Å². The Hall–Kier alpha value is -1.50. The Morgan fingerprint density at radius 2 is 1.90 bits per heavy atom. The SMILES string of the molecule is COc1ccc(Br)cc1CC(NN)c1c(F)cccc1F. The number of rotatable bonds is 5. The summed E-state index contributed by atoms with van der Waals surface area (Å²) in [5.74, 6) is 4.85. The second-order valence-corrected chi connectivity index (χ2v) is 5.43. The van der Waals surface area contributed by atoms with E-state index >= 15 is 0 Å². The van der Waals surface area contributed by atoms with Gasteiger partial charge in [-0.3, -0.25) is 11.3 Å². The summed E-state index contributed by atoms with van der Waals surface area (Å²) in [7, 11) is 1.54. The van der Waals surface area contributed by atoms with E-state index in [0.717, 1.165) is 10.0 Å². The van der Waals surface area contributed by atoms with Crippen molar-refractivity contribution < 1.29 is 13.5 Å². The van der Waals surface area contributed by atoms with Crippen LogP contribution in [0.4, 0.5) is 8.78 Å². The number of hydrogen-bond donors (Lipinski definition) is 2. The van der Waals surface area contributed by atoms with Crippen molar-refractivity contribution in [2.75, 3.05) is 7.11 Å². The Labute approximate surface area is 130 Å². The highest BCUT2D eigenvalue weighted by atomic mass is 79.9. The molecule has 3 nitrogen and oxygen atoms in total. The topological polar surface area (TPSA) is 47.3 Å². The first-order valence-electron chi connectivity index (χ1n) is 6.29. The van der Waals surface area contributed by atoms with Gasteiger partial charge in [0.25, 0.3) is 0 Å². The zero-order chi connectivity index (χ0) is 15.4. The van der Waals surface area contributed by atoms with Gasteiger partial charge in [-0.2, -0.15) is 0 Å². The highest BCUT2D eigenvalue weighted by Crippen LogP contribution is 2.29. The fourth-order valence-corrected chi connectivity index (χ4v) is 2.62. The van der Waals surface area contributed by atoms with Crippen LogP contribution in [0.25, 0.3) is 0 Å². The van der Waals surface area contributed by atoms with Crippen molar-refractivity contribution in [1.29, 1.82) is 0 Å². The molecule has 6 heteroatoms. The number of hydrazine groups is 1. The van der Waals surface area contributed by atoms with Gasteiger partial charge in [-0.05, 0) is 42.3 Å². The van der Waals surface area contributed by atoms with E-state index in [-0.39, 0.29) is 12.0 Å². The molecule has 0 aliphatic rings. The van der Waals surface area contributed by atoms with Crippen molar-refractivity contribution >= 4 is 15.9 Å². The minimum atomic E-state index is -0.700. The van der Waals surface area contributed by atoms with Crippen LogP contribution in [0, 0.1) is 11.6 Å². The molecule has 0 amide bonds. The van der Waals surface area contributed by atoms with E-state index in [0.29, 0.717) is 5.75 Å². The smallest absolute Gasteiger partial charge is 0.130 e. The summed E-state index contributed by atoms with van der Waals surface area (Å²) in [6, 6.07) is 8.49. The Morgan fingerprint density at radius 1 is 1.24 bits per heavy atom. The molecule has 0 aromatic heterocycles. The summed E-state index contributed by atoms with van der Waals surface area (Å²) in [4.78, 5) is 0. The molecule has 2 aromatic rings. The minimum Gasteiger partial charge on any atom is -0.496 e. The van der Waals surface area contributed by atoms with Crippen LogP contribution in [0.5, 0.6) is 5.75 Å². The number of ether oxygens (including phenoxy) is 1. The van der Waals surface area contributed by atoms with Gasteiger partial charge in [0.15, 0.2) is 0 Å². The molecule has 0 fully saturated rings. The van der Waals surface area contributed by atoms with Crippen molar-refractivity contribution in [2.24, 2.45) is 5.84 Å². The lowest BCUT2D eigenvalue weighted by Gasteiger charge is -2.19. The largest absolute Gasteiger partial charge is 0.496 e. The fraction of sp³-hybridized carbons (Fsp3) is 0.200. The van der Waals surface area contributed by atoms with Crippen molar-refractivity contribution in [1.82, 2.24) is 5.43 Å². The van der Waals surface area contributed by atoms with Gasteiger partial charge in [-0.25, -0.2) is 8.78 Å². The highest BCUT2D eigenvalue weighted by molar-refractivity contribution is 9.10. The van der Waals surface area contributed by atoms with Crippen LogP contribution >= 0.6 is 15.9 Å². The first-order valence-corrected chi connectivity index (χ1v) is 7.08. The van der Waals surface area contributed by atoms with Crippen LogP contribution in [0.2, 0.25) is 0 Å².